The van der Waals surface area contributed by atoms with Crippen LogP contribution in [0.25, 0.3) is 21.5 Å². The molecule has 2 heterocycles. The van der Waals surface area contributed by atoms with Crippen LogP contribution in [0.2, 0.25) is 10.0 Å². The number of halogens is 2. The molecule has 6 aromatic carbocycles. The molecule has 0 amide bonds. The van der Waals surface area contributed by atoms with Crippen LogP contribution in [-0.2, 0) is 37.0 Å². The molecule has 6 aromatic rings. The number of benzene rings is 6. The summed E-state index contributed by atoms with van der Waals surface area (Å²) in [6, 6.07) is 21.7. The molecule has 2 aliphatic rings. The summed E-state index contributed by atoms with van der Waals surface area (Å²) in [5, 5.41) is 58.7. The van der Waals surface area contributed by atoms with Crippen molar-refractivity contribution in [1.82, 2.24) is 0 Å². The maximum atomic E-state index is 12.4. The van der Waals surface area contributed by atoms with Gasteiger partial charge in [-0.25, -0.2) is 16.8 Å². The zero-order valence-corrected chi connectivity index (χ0v) is 30.9. The third-order valence-electron chi connectivity index (χ3n) is 7.87. The molecule has 0 aliphatic carbocycles. The molecule has 0 unspecified atom stereocenters. The van der Waals surface area contributed by atoms with Crippen LogP contribution in [-0.4, -0.2) is 49.1 Å². The van der Waals surface area contributed by atoms with Gasteiger partial charge < -0.3 is 29.9 Å². The number of fused-ring (bicyclic) bond motifs is 6. The number of ether oxygens (including phenoxy) is 2. The largest absolute Gasteiger partial charge is 0.506 e. The standard InChI is InChI=1S/2C17H11ClN2O5S.Cr/c2*18-9-5-6-13(21)12(7-9)19-20-14-15(22)10-3-1-2-4-11(10)16-17(14)26(23,24)8-25-16;/h2*1-7,21-22H,8H2;. The second-order valence-corrected chi connectivity index (χ2v) is 15.8. The first-order chi connectivity index (χ1) is 24.8. The van der Waals surface area contributed by atoms with Crippen molar-refractivity contribution in [2.24, 2.45) is 20.5 Å². The van der Waals surface area contributed by atoms with E-state index in [1.165, 1.54) is 36.4 Å². The van der Waals surface area contributed by atoms with Gasteiger partial charge in [0.2, 0.25) is 19.7 Å². The van der Waals surface area contributed by atoms with Crippen LogP contribution >= 0.6 is 23.2 Å². The fourth-order valence-electron chi connectivity index (χ4n) is 5.51. The number of azo groups is 2. The van der Waals surface area contributed by atoms with Gasteiger partial charge in [-0.1, -0.05) is 71.7 Å². The average Bonchev–Trinajstić information content (AvgIpc) is 3.62. The van der Waals surface area contributed by atoms with E-state index in [0.29, 0.717) is 31.6 Å². The van der Waals surface area contributed by atoms with Crippen molar-refractivity contribution in [2.75, 3.05) is 11.9 Å². The Morgan fingerprint density at radius 1 is 0.528 bits per heavy atom. The predicted molar refractivity (Wildman–Crippen MR) is 191 cm³/mol. The minimum Gasteiger partial charge on any atom is -0.506 e. The number of rotatable bonds is 4. The fourth-order valence-corrected chi connectivity index (χ4v) is 8.39. The topological polar surface area (TPSA) is 217 Å². The van der Waals surface area contributed by atoms with Gasteiger partial charge in [0.15, 0.2) is 34.8 Å². The van der Waals surface area contributed by atoms with Gasteiger partial charge >= 0.3 is 0 Å². The van der Waals surface area contributed by atoms with Crippen molar-refractivity contribution in [3.63, 3.8) is 0 Å². The molecule has 0 atom stereocenters. The minimum atomic E-state index is -3.80. The Morgan fingerprint density at radius 3 is 1.26 bits per heavy atom. The molecule has 53 heavy (non-hydrogen) atoms. The van der Waals surface area contributed by atoms with Gasteiger partial charge in [0.05, 0.1) is 0 Å². The first-order valence-corrected chi connectivity index (χ1v) is 18.9. The minimum absolute atomic E-state index is 0. The van der Waals surface area contributed by atoms with E-state index in [0.717, 1.165) is 0 Å². The Bertz CT molecular complexity index is 2580. The Hall–Kier alpha value is -5.15. The molecule has 0 fully saturated rings. The number of phenolic OH excluding ortho intramolecular Hbond substituents is 4. The van der Waals surface area contributed by atoms with Crippen molar-refractivity contribution < 1.29 is 64.1 Å². The predicted octanol–water partition coefficient (Wildman–Crippen LogP) is 8.88. The Balaban J connectivity index is 0.000000178. The first-order valence-electron chi connectivity index (χ1n) is 14.8. The zero-order valence-electron chi connectivity index (χ0n) is 26.5. The number of nitrogens with zero attached hydrogens (tertiary/aromatic N) is 4. The monoisotopic (exact) mass is 832 g/mol. The second kappa shape index (κ2) is 14.3. The quantitative estimate of drug-likeness (QED) is 0.124. The summed E-state index contributed by atoms with van der Waals surface area (Å²) in [6.07, 6.45) is 0. The Labute approximate surface area is 321 Å². The van der Waals surface area contributed by atoms with E-state index in [2.05, 4.69) is 20.5 Å². The molecule has 0 bridgehead atoms. The van der Waals surface area contributed by atoms with Crippen molar-refractivity contribution in [3.8, 4) is 34.5 Å². The maximum Gasteiger partial charge on any atom is 0.219 e. The van der Waals surface area contributed by atoms with E-state index in [-0.39, 0.29) is 84.4 Å². The van der Waals surface area contributed by atoms with Gasteiger partial charge in [-0.05, 0) is 36.4 Å². The molecule has 8 rings (SSSR count). The Kier molecular flexibility index (Phi) is 10.2. The molecule has 4 N–H and O–H groups in total. The first kappa shape index (κ1) is 37.6. The molecular weight excluding hydrogens is 811 g/mol. The number of hydrogen-bond donors (Lipinski definition) is 4. The normalized spacial score (nSPS) is 15.0. The SMILES string of the molecule is O=S1(=O)COc2c1c(N=Nc1cc(Cl)ccc1O)c(O)c1ccccc21.O=S1(=O)COc2c1c(N=Nc1cc(Cl)ccc1O)c(O)c1ccccc21.[Cr]. The van der Waals surface area contributed by atoms with Gasteiger partial charge in [-0.2, -0.15) is 0 Å². The summed E-state index contributed by atoms with van der Waals surface area (Å²) in [5.41, 5.74) is -0.406. The van der Waals surface area contributed by atoms with Crippen molar-refractivity contribution in [2.45, 2.75) is 9.79 Å². The molecule has 0 aromatic heterocycles. The Morgan fingerprint density at radius 2 is 0.887 bits per heavy atom. The fraction of sp³-hybridized carbons (Fsp3) is 0.0588. The van der Waals surface area contributed by atoms with Crippen molar-refractivity contribution in [1.29, 1.82) is 0 Å². The van der Waals surface area contributed by atoms with E-state index in [9.17, 15) is 37.3 Å². The van der Waals surface area contributed by atoms with Gasteiger partial charge in [0.1, 0.15) is 44.2 Å². The third kappa shape index (κ3) is 6.90. The van der Waals surface area contributed by atoms with Crippen LogP contribution in [0.1, 0.15) is 0 Å². The number of aromatic hydroxyl groups is 4. The molecule has 14 nitrogen and oxygen atoms in total. The van der Waals surface area contributed by atoms with E-state index in [4.69, 9.17) is 32.7 Å². The molecular formula is C34H22Cl2CrN4O10S2. The van der Waals surface area contributed by atoms with Crippen LogP contribution < -0.4 is 9.47 Å². The van der Waals surface area contributed by atoms with Gasteiger partial charge in [-0.3, -0.25) is 0 Å². The van der Waals surface area contributed by atoms with E-state index >= 15 is 0 Å². The van der Waals surface area contributed by atoms with Crippen LogP contribution in [0.4, 0.5) is 22.7 Å². The van der Waals surface area contributed by atoms with Crippen LogP contribution in [0.15, 0.2) is 115 Å². The summed E-state index contributed by atoms with van der Waals surface area (Å²) in [6.45, 7) is 0. The smallest absolute Gasteiger partial charge is 0.219 e. The summed E-state index contributed by atoms with van der Waals surface area (Å²) in [5.74, 6) is -1.87. The van der Waals surface area contributed by atoms with Gasteiger partial charge in [-0.15, -0.1) is 20.5 Å². The van der Waals surface area contributed by atoms with Crippen molar-refractivity contribution >= 4 is 87.2 Å². The van der Waals surface area contributed by atoms with Crippen LogP contribution in [0, 0.1) is 0 Å². The third-order valence-corrected chi connectivity index (χ3v) is 11.2. The van der Waals surface area contributed by atoms with E-state index < -0.39 is 31.6 Å². The van der Waals surface area contributed by atoms with Crippen molar-refractivity contribution in [3.05, 3.63) is 95.0 Å². The number of hydrogen-bond acceptors (Lipinski definition) is 14. The molecule has 19 heteroatoms. The van der Waals surface area contributed by atoms with Crippen LogP contribution in [0.3, 0.4) is 0 Å². The summed E-state index contributed by atoms with van der Waals surface area (Å²) < 4.78 is 60.3. The number of phenols is 4. The second-order valence-electron chi connectivity index (χ2n) is 11.2. The van der Waals surface area contributed by atoms with Gasteiger partial charge in [0.25, 0.3) is 0 Å². The summed E-state index contributed by atoms with van der Waals surface area (Å²) >= 11 is 11.7. The van der Waals surface area contributed by atoms with Crippen LogP contribution in [0.5, 0.6) is 34.5 Å². The molecule has 0 saturated heterocycles. The van der Waals surface area contributed by atoms with E-state index in [1.54, 1.807) is 48.5 Å². The molecule has 0 spiro atoms. The average molecular weight is 834 g/mol. The zero-order chi connectivity index (χ0) is 36.9. The number of sulfone groups is 2. The molecule has 0 saturated carbocycles. The van der Waals surface area contributed by atoms with E-state index in [1.807, 2.05) is 0 Å². The summed E-state index contributed by atoms with van der Waals surface area (Å²) in [4.78, 5) is -0.446. The maximum absolute atomic E-state index is 12.4. The molecule has 270 valence electrons. The summed E-state index contributed by atoms with van der Waals surface area (Å²) in [7, 11) is -7.59. The van der Waals surface area contributed by atoms with Gasteiger partial charge in [0, 0.05) is 49.0 Å². The molecule has 2 aliphatic heterocycles. The molecule has 0 radical (unpaired) electrons.